The van der Waals surface area contributed by atoms with Gasteiger partial charge in [0, 0.05) is 16.3 Å². The number of nitrogens with two attached hydrogens (primary N) is 2. The lowest BCUT2D eigenvalue weighted by atomic mass is 10.1. The van der Waals surface area contributed by atoms with Crippen LogP contribution in [0.5, 0.6) is 0 Å². The number of anilines is 1. The molecule has 0 unspecified atom stereocenters. The van der Waals surface area contributed by atoms with Crippen LogP contribution >= 0.6 is 11.8 Å². The Bertz CT molecular complexity index is 602. The van der Waals surface area contributed by atoms with Crippen molar-refractivity contribution in [3.8, 4) is 0 Å². The Hall–Kier alpha value is -2.01. The van der Waals surface area contributed by atoms with E-state index < -0.39 is 11.7 Å². The zero-order valence-electron chi connectivity index (χ0n) is 10.1. The normalized spacial score (nSPS) is 10.4. The van der Waals surface area contributed by atoms with Crippen molar-refractivity contribution in [1.29, 1.82) is 0 Å². The highest BCUT2D eigenvalue weighted by molar-refractivity contribution is 7.98. The van der Waals surface area contributed by atoms with Gasteiger partial charge in [0.15, 0.2) is 0 Å². The topological polar surface area (TPSA) is 69.1 Å². The first-order valence-corrected chi connectivity index (χ1v) is 6.62. The molecule has 0 aliphatic rings. The summed E-state index contributed by atoms with van der Waals surface area (Å²) in [5, 5.41) is 0. The second-order valence-electron chi connectivity index (χ2n) is 4.01. The predicted octanol–water partition coefficient (Wildman–Crippen LogP) is 2.80. The van der Waals surface area contributed by atoms with Gasteiger partial charge in [0.05, 0.1) is 5.56 Å². The van der Waals surface area contributed by atoms with Gasteiger partial charge in [-0.15, -0.1) is 11.8 Å². The Morgan fingerprint density at radius 3 is 2.53 bits per heavy atom. The highest BCUT2D eigenvalue weighted by Gasteiger charge is 2.12. The van der Waals surface area contributed by atoms with Crippen LogP contribution in [0.1, 0.15) is 15.9 Å². The van der Waals surface area contributed by atoms with Gasteiger partial charge in [0.25, 0.3) is 5.91 Å². The van der Waals surface area contributed by atoms with E-state index in [-0.39, 0.29) is 11.3 Å². The van der Waals surface area contributed by atoms with Crippen LogP contribution in [0.15, 0.2) is 47.4 Å². The first-order valence-electron chi connectivity index (χ1n) is 5.63. The number of hydrogen-bond donors (Lipinski definition) is 2. The van der Waals surface area contributed by atoms with Gasteiger partial charge in [-0.1, -0.05) is 30.3 Å². The average molecular weight is 276 g/mol. The van der Waals surface area contributed by atoms with Crippen molar-refractivity contribution in [1.82, 2.24) is 0 Å². The number of rotatable bonds is 4. The minimum absolute atomic E-state index is 0.0639. The van der Waals surface area contributed by atoms with E-state index in [9.17, 15) is 9.18 Å². The molecule has 98 valence electrons. The summed E-state index contributed by atoms with van der Waals surface area (Å²) in [5.41, 5.74) is 12.0. The van der Waals surface area contributed by atoms with Crippen LogP contribution in [0.3, 0.4) is 0 Å². The van der Waals surface area contributed by atoms with Crippen LogP contribution in [0, 0.1) is 5.82 Å². The van der Waals surface area contributed by atoms with E-state index in [2.05, 4.69) is 0 Å². The molecule has 0 saturated heterocycles. The molecule has 0 atom stereocenters. The lowest BCUT2D eigenvalue weighted by Crippen LogP contribution is -2.14. The molecule has 2 aromatic rings. The molecule has 0 radical (unpaired) electrons. The molecule has 0 saturated carbocycles. The molecule has 2 aromatic carbocycles. The van der Waals surface area contributed by atoms with Crippen LogP contribution in [0.4, 0.5) is 10.1 Å². The maximum Gasteiger partial charge on any atom is 0.250 e. The van der Waals surface area contributed by atoms with Gasteiger partial charge in [-0.2, -0.15) is 0 Å². The fraction of sp³-hybridized carbons (Fsp3) is 0.0714. The number of hydrogen-bond acceptors (Lipinski definition) is 3. The predicted molar refractivity (Wildman–Crippen MR) is 75.3 cm³/mol. The molecular formula is C14H13FN2OS. The molecule has 0 spiro atoms. The number of halogens is 1. The summed E-state index contributed by atoms with van der Waals surface area (Å²) in [7, 11) is 0. The second-order valence-corrected chi connectivity index (χ2v) is 5.03. The van der Waals surface area contributed by atoms with Crippen LogP contribution in [-0.2, 0) is 5.75 Å². The monoisotopic (exact) mass is 276 g/mol. The van der Waals surface area contributed by atoms with E-state index in [4.69, 9.17) is 11.5 Å². The lowest BCUT2D eigenvalue weighted by molar-refractivity contribution is 0.100. The Morgan fingerprint density at radius 1 is 1.21 bits per heavy atom. The molecule has 0 fully saturated rings. The quantitative estimate of drug-likeness (QED) is 0.666. The zero-order valence-corrected chi connectivity index (χ0v) is 10.9. The van der Waals surface area contributed by atoms with Gasteiger partial charge >= 0.3 is 0 Å². The van der Waals surface area contributed by atoms with Crippen molar-refractivity contribution in [3.05, 3.63) is 59.4 Å². The van der Waals surface area contributed by atoms with E-state index >= 15 is 0 Å². The third-order valence-electron chi connectivity index (χ3n) is 2.61. The maximum absolute atomic E-state index is 13.7. The van der Waals surface area contributed by atoms with Gasteiger partial charge in [0.2, 0.25) is 0 Å². The standard InChI is InChI=1S/C14H13FN2OS/c15-11-7-12(16)10(14(17)18)6-13(11)19-8-9-4-2-1-3-5-9/h1-7H,8,16H2,(H2,17,18). The summed E-state index contributed by atoms with van der Waals surface area (Å²) >= 11 is 1.30. The molecule has 3 nitrogen and oxygen atoms in total. The van der Waals surface area contributed by atoms with E-state index in [0.29, 0.717) is 10.6 Å². The van der Waals surface area contributed by atoms with Crippen molar-refractivity contribution in [2.45, 2.75) is 10.6 Å². The minimum Gasteiger partial charge on any atom is -0.398 e. The molecule has 19 heavy (non-hydrogen) atoms. The van der Waals surface area contributed by atoms with Gasteiger partial charge < -0.3 is 11.5 Å². The van der Waals surface area contributed by atoms with Gasteiger partial charge in [-0.25, -0.2) is 4.39 Å². The third kappa shape index (κ3) is 3.26. The van der Waals surface area contributed by atoms with Crippen molar-refractivity contribution in [3.63, 3.8) is 0 Å². The van der Waals surface area contributed by atoms with Crippen LogP contribution in [-0.4, -0.2) is 5.91 Å². The SMILES string of the molecule is NC(=O)c1cc(SCc2ccccc2)c(F)cc1N. The zero-order chi connectivity index (χ0) is 13.8. The molecule has 1 amide bonds. The molecule has 0 heterocycles. The maximum atomic E-state index is 13.7. The first kappa shape index (κ1) is 13.4. The number of benzene rings is 2. The van der Waals surface area contributed by atoms with Crippen LogP contribution in [0.25, 0.3) is 0 Å². The number of thioether (sulfide) groups is 1. The summed E-state index contributed by atoms with van der Waals surface area (Å²) in [5.74, 6) is -0.484. The number of carbonyl (C=O) groups excluding carboxylic acids is 1. The molecular weight excluding hydrogens is 263 g/mol. The van der Waals surface area contributed by atoms with Crippen molar-refractivity contribution < 1.29 is 9.18 Å². The Kier molecular flexibility index (Phi) is 4.06. The molecule has 0 aromatic heterocycles. The van der Waals surface area contributed by atoms with Gasteiger partial charge in [0.1, 0.15) is 5.82 Å². The summed E-state index contributed by atoms with van der Waals surface area (Å²) in [6.45, 7) is 0. The van der Waals surface area contributed by atoms with E-state index in [0.717, 1.165) is 11.6 Å². The summed E-state index contributed by atoms with van der Waals surface area (Å²) in [6.07, 6.45) is 0. The van der Waals surface area contributed by atoms with Crippen LogP contribution < -0.4 is 11.5 Å². The smallest absolute Gasteiger partial charge is 0.250 e. The van der Waals surface area contributed by atoms with Crippen molar-refractivity contribution in [2.75, 3.05) is 5.73 Å². The van der Waals surface area contributed by atoms with E-state index in [1.165, 1.54) is 17.8 Å². The fourth-order valence-corrected chi connectivity index (χ4v) is 2.54. The second kappa shape index (κ2) is 5.75. The summed E-state index contributed by atoms with van der Waals surface area (Å²) in [6, 6.07) is 12.2. The summed E-state index contributed by atoms with van der Waals surface area (Å²) in [4.78, 5) is 11.5. The minimum atomic E-state index is -0.654. The largest absolute Gasteiger partial charge is 0.398 e. The van der Waals surface area contributed by atoms with Crippen molar-refractivity contribution in [2.24, 2.45) is 5.73 Å². The Balaban J connectivity index is 2.21. The first-order chi connectivity index (χ1) is 9.08. The number of carbonyl (C=O) groups is 1. The molecule has 2 rings (SSSR count). The van der Waals surface area contributed by atoms with Crippen molar-refractivity contribution >= 4 is 23.4 Å². The Morgan fingerprint density at radius 2 is 1.89 bits per heavy atom. The molecule has 0 aliphatic carbocycles. The van der Waals surface area contributed by atoms with Gasteiger partial charge in [-0.3, -0.25) is 4.79 Å². The highest BCUT2D eigenvalue weighted by Crippen LogP contribution is 2.29. The molecule has 0 bridgehead atoms. The van der Waals surface area contributed by atoms with E-state index in [1.54, 1.807) is 0 Å². The molecule has 4 N–H and O–H groups in total. The number of primary amides is 1. The summed E-state index contributed by atoms with van der Waals surface area (Å²) < 4.78 is 13.7. The average Bonchev–Trinajstić information content (AvgIpc) is 2.38. The van der Waals surface area contributed by atoms with E-state index in [1.807, 2.05) is 30.3 Å². The lowest BCUT2D eigenvalue weighted by Gasteiger charge is -2.07. The van der Waals surface area contributed by atoms with Crippen LogP contribution in [0.2, 0.25) is 0 Å². The molecule has 5 heteroatoms. The number of amides is 1. The Labute approximate surface area is 114 Å². The third-order valence-corrected chi connectivity index (χ3v) is 3.71. The number of nitrogen functional groups attached to an aromatic ring is 1. The van der Waals surface area contributed by atoms with Gasteiger partial charge in [-0.05, 0) is 17.7 Å². The fourth-order valence-electron chi connectivity index (χ4n) is 1.63. The molecule has 0 aliphatic heterocycles. The highest BCUT2D eigenvalue weighted by atomic mass is 32.2.